The van der Waals surface area contributed by atoms with Crippen molar-refractivity contribution in [3.63, 3.8) is 0 Å². The van der Waals surface area contributed by atoms with Crippen LogP contribution in [0.25, 0.3) is 0 Å². The van der Waals surface area contributed by atoms with E-state index in [-0.39, 0.29) is 29.1 Å². The van der Waals surface area contributed by atoms with Crippen LogP contribution in [0.5, 0.6) is 11.8 Å². The Morgan fingerprint density at radius 2 is 1.75 bits per heavy atom. The quantitative estimate of drug-likeness (QED) is 0.473. The predicted molar refractivity (Wildman–Crippen MR) is 113 cm³/mol. The topological polar surface area (TPSA) is 124 Å². The molecule has 0 aliphatic heterocycles. The van der Waals surface area contributed by atoms with Crippen LogP contribution in [-0.4, -0.2) is 41.0 Å². The minimum atomic E-state index is -4.99. The standard InChI is InChI=1S/C21H16F5N5O4S/c1-10-15(17(32)27-11-4-3-5-12(8-11)36(2,33)34)19(31-29-16(10)21(24,25)26)35-18-13(22)9-14(28-30-18)20(23)6-7-20/h3-5,8-9H,6-7H2,1-2H3,(H,27,32). The van der Waals surface area contributed by atoms with E-state index >= 15 is 0 Å². The molecule has 1 N–H and O–H groups in total. The Bertz CT molecular complexity index is 1480. The van der Waals surface area contributed by atoms with E-state index < -0.39 is 62.0 Å². The van der Waals surface area contributed by atoms with Crippen molar-refractivity contribution >= 4 is 21.4 Å². The van der Waals surface area contributed by atoms with Crippen LogP contribution in [0.15, 0.2) is 35.2 Å². The van der Waals surface area contributed by atoms with E-state index in [9.17, 15) is 35.2 Å². The number of hydrogen-bond donors (Lipinski definition) is 1. The number of anilines is 1. The monoisotopic (exact) mass is 529 g/mol. The largest absolute Gasteiger partial charge is 0.435 e. The Balaban J connectivity index is 1.73. The maximum absolute atomic E-state index is 14.5. The number of alkyl halides is 4. The predicted octanol–water partition coefficient (Wildman–Crippen LogP) is 4.14. The number of carbonyl (C=O) groups is 1. The Kier molecular flexibility index (Phi) is 6.14. The fraction of sp³-hybridized carbons (Fsp3) is 0.286. The van der Waals surface area contributed by atoms with Gasteiger partial charge in [0.05, 0.1) is 4.90 Å². The molecule has 1 fully saturated rings. The van der Waals surface area contributed by atoms with Gasteiger partial charge >= 0.3 is 6.18 Å². The molecule has 4 rings (SSSR count). The highest BCUT2D eigenvalue weighted by molar-refractivity contribution is 7.90. The third-order valence-corrected chi connectivity index (χ3v) is 6.37. The van der Waals surface area contributed by atoms with E-state index in [0.717, 1.165) is 25.3 Å². The highest BCUT2D eigenvalue weighted by atomic mass is 32.2. The van der Waals surface area contributed by atoms with Crippen molar-refractivity contribution in [1.82, 2.24) is 20.4 Å². The summed E-state index contributed by atoms with van der Waals surface area (Å²) in [5.74, 6) is -4.07. The minimum Gasteiger partial charge on any atom is -0.414 e. The van der Waals surface area contributed by atoms with Gasteiger partial charge in [-0.1, -0.05) is 6.07 Å². The van der Waals surface area contributed by atoms with Crippen LogP contribution in [0.3, 0.4) is 0 Å². The molecule has 0 radical (unpaired) electrons. The number of amides is 1. The van der Waals surface area contributed by atoms with Gasteiger partial charge in [-0.3, -0.25) is 4.79 Å². The Morgan fingerprint density at radius 3 is 2.33 bits per heavy atom. The number of aromatic nitrogens is 4. The molecule has 0 atom stereocenters. The number of benzene rings is 1. The highest BCUT2D eigenvalue weighted by Crippen LogP contribution is 2.49. The normalized spacial score (nSPS) is 14.9. The molecule has 2 heterocycles. The average Bonchev–Trinajstić information content (AvgIpc) is 3.52. The minimum absolute atomic E-state index is 0.0633. The second kappa shape index (κ2) is 8.72. The summed E-state index contributed by atoms with van der Waals surface area (Å²) in [6.45, 7) is 0.928. The van der Waals surface area contributed by atoms with E-state index in [0.29, 0.717) is 0 Å². The average molecular weight is 529 g/mol. The molecule has 36 heavy (non-hydrogen) atoms. The molecule has 2 aromatic heterocycles. The van der Waals surface area contributed by atoms with Gasteiger partial charge in [0.25, 0.3) is 17.7 Å². The summed E-state index contributed by atoms with van der Waals surface area (Å²) in [6.07, 6.45) is -3.79. The first-order valence-electron chi connectivity index (χ1n) is 10.2. The molecule has 190 valence electrons. The lowest BCUT2D eigenvalue weighted by atomic mass is 10.1. The second-order valence-corrected chi connectivity index (χ2v) is 10.1. The number of nitrogens with zero attached hydrogens (tertiary/aromatic N) is 4. The lowest BCUT2D eigenvalue weighted by Crippen LogP contribution is -2.21. The number of nitrogens with one attached hydrogen (secondary N) is 1. The van der Waals surface area contributed by atoms with Gasteiger partial charge in [-0.15, -0.1) is 20.4 Å². The van der Waals surface area contributed by atoms with E-state index in [1.807, 2.05) is 0 Å². The molecule has 0 spiro atoms. The first-order chi connectivity index (χ1) is 16.7. The van der Waals surface area contributed by atoms with E-state index in [2.05, 4.69) is 25.7 Å². The van der Waals surface area contributed by atoms with Crippen molar-refractivity contribution in [2.75, 3.05) is 11.6 Å². The molecule has 3 aromatic rings. The summed E-state index contributed by atoms with van der Waals surface area (Å²) >= 11 is 0. The first kappa shape index (κ1) is 25.3. The molecule has 1 saturated carbocycles. The van der Waals surface area contributed by atoms with Gasteiger partial charge in [0, 0.05) is 18.0 Å². The molecular formula is C21H16F5N5O4S. The Morgan fingerprint density at radius 1 is 1.08 bits per heavy atom. The zero-order valence-corrected chi connectivity index (χ0v) is 19.3. The summed E-state index contributed by atoms with van der Waals surface area (Å²) in [5.41, 5.74) is -5.10. The fourth-order valence-electron chi connectivity index (χ4n) is 3.21. The molecule has 9 nitrogen and oxygen atoms in total. The van der Waals surface area contributed by atoms with E-state index in [1.165, 1.54) is 18.2 Å². The molecule has 0 saturated heterocycles. The Hall–Kier alpha value is -3.75. The third-order valence-electron chi connectivity index (χ3n) is 5.26. The van der Waals surface area contributed by atoms with Crippen LogP contribution < -0.4 is 10.1 Å². The summed E-state index contributed by atoms with van der Waals surface area (Å²) in [5, 5.41) is 15.6. The van der Waals surface area contributed by atoms with Crippen LogP contribution in [0.4, 0.5) is 27.6 Å². The molecule has 1 aromatic carbocycles. The number of ether oxygens (including phenoxy) is 1. The first-order valence-corrected chi connectivity index (χ1v) is 12.0. The van der Waals surface area contributed by atoms with Crippen molar-refractivity contribution in [1.29, 1.82) is 0 Å². The van der Waals surface area contributed by atoms with Crippen molar-refractivity contribution < 1.29 is 39.9 Å². The maximum Gasteiger partial charge on any atom is 0.435 e. The fourth-order valence-corrected chi connectivity index (χ4v) is 3.88. The summed E-state index contributed by atoms with van der Waals surface area (Å²) in [7, 11) is -3.65. The molecule has 1 aliphatic carbocycles. The van der Waals surface area contributed by atoms with Crippen LogP contribution in [-0.2, 0) is 21.7 Å². The number of carbonyl (C=O) groups excluding carboxylic acids is 1. The summed E-state index contributed by atoms with van der Waals surface area (Å²) in [4.78, 5) is 12.9. The van der Waals surface area contributed by atoms with E-state index in [1.54, 1.807) is 0 Å². The lowest BCUT2D eigenvalue weighted by molar-refractivity contribution is -0.142. The number of hydrogen-bond acceptors (Lipinski definition) is 8. The number of rotatable bonds is 6. The van der Waals surface area contributed by atoms with Gasteiger partial charge in [0.1, 0.15) is 11.3 Å². The number of sulfone groups is 1. The van der Waals surface area contributed by atoms with E-state index in [4.69, 9.17) is 4.74 Å². The van der Waals surface area contributed by atoms with Crippen molar-refractivity contribution in [2.24, 2.45) is 0 Å². The molecule has 0 unspecified atom stereocenters. The molecule has 0 bridgehead atoms. The van der Waals surface area contributed by atoms with Gasteiger partial charge in [0.2, 0.25) is 0 Å². The lowest BCUT2D eigenvalue weighted by Gasteiger charge is -2.16. The zero-order valence-electron chi connectivity index (χ0n) is 18.5. The zero-order chi connectivity index (χ0) is 26.5. The molecular weight excluding hydrogens is 513 g/mol. The second-order valence-electron chi connectivity index (χ2n) is 8.06. The van der Waals surface area contributed by atoms with Crippen LogP contribution in [0.2, 0.25) is 0 Å². The van der Waals surface area contributed by atoms with Crippen molar-refractivity contribution in [2.45, 2.75) is 36.5 Å². The van der Waals surface area contributed by atoms with Gasteiger partial charge in [0.15, 0.2) is 27.0 Å². The highest BCUT2D eigenvalue weighted by Gasteiger charge is 2.47. The van der Waals surface area contributed by atoms with Crippen LogP contribution in [0.1, 0.15) is 40.2 Å². The molecule has 1 amide bonds. The summed E-state index contributed by atoms with van der Waals surface area (Å²) < 4.78 is 97.6. The van der Waals surface area contributed by atoms with Crippen LogP contribution >= 0.6 is 0 Å². The number of halogens is 5. The van der Waals surface area contributed by atoms with Gasteiger partial charge < -0.3 is 10.1 Å². The molecule has 15 heteroatoms. The van der Waals surface area contributed by atoms with Gasteiger partial charge in [-0.2, -0.15) is 13.2 Å². The van der Waals surface area contributed by atoms with Crippen molar-refractivity contribution in [3.8, 4) is 11.8 Å². The van der Waals surface area contributed by atoms with Crippen molar-refractivity contribution in [3.05, 3.63) is 58.7 Å². The SMILES string of the molecule is Cc1c(C(F)(F)F)nnc(Oc2nnc(C3(F)CC3)cc2F)c1C(=O)Nc1cccc(S(C)(=O)=O)c1. The Labute approximate surface area is 200 Å². The summed E-state index contributed by atoms with van der Waals surface area (Å²) in [6, 6.07) is 5.70. The smallest absolute Gasteiger partial charge is 0.414 e. The van der Waals surface area contributed by atoms with Gasteiger partial charge in [-0.05, 0) is 43.5 Å². The maximum atomic E-state index is 14.5. The van der Waals surface area contributed by atoms with Gasteiger partial charge in [-0.25, -0.2) is 17.2 Å². The van der Waals surface area contributed by atoms with Crippen LogP contribution in [0, 0.1) is 12.7 Å². The third kappa shape index (κ3) is 5.10. The molecule has 1 aliphatic rings.